The summed E-state index contributed by atoms with van der Waals surface area (Å²) in [6, 6.07) is 6.42. The fourth-order valence-corrected chi connectivity index (χ4v) is 1.71. The third-order valence-corrected chi connectivity index (χ3v) is 2.50. The third-order valence-electron chi connectivity index (χ3n) is 2.50. The number of rotatable bonds is 7. The highest BCUT2D eigenvalue weighted by molar-refractivity contribution is 5.75. The van der Waals surface area contributed by atoms with Gasteiger partial charge in [0.2, 0.25) is 5.91 Å². The summed E-state index contributed by atoms with van der Waals surface area (Å²) in [5.41, 5.74) is 6.06. The molecule has 4 heteroatoms. The Bertz CT molecular complexity index is 368. The summed E-state index contributed by atoms with van der Waals surface area (Å²) in [7, 11) is 0. The predicted molar refractivity (Wildman–Crippen MR) is 65.8 cm³/mol. The number of unbranched alkanes of at least 4 members (excludes halogenated alkanes) is 1. The highest BCUT2D eigenvalue weighted by Crippen LogP contribution is 2.08. The number of carbonyl (C=O) groups excluding carboxylic acids is 1. The lowest BCUT2D eigenvalue weighted by Gasteiger charge is -2.20. The monoisotopic (exact) mass is 238 g/mol. The number of primary amides is 1. The van der Waals surface area contributed by atoms with Gasteiger partial charge in [-0.15, -0.1) is 0 Å². The molecule has 1 aromatic carbocycles. The maximum Gasteiger partial charge on any atom is 0.231 e. The van der Waals surface area contributed by atoms with Crippen molar-refractivity contribution in [3.8, 4) is 0 Å². The van der Waals surface area contributed by atoms with Crippen LogP contribution in [0.3, 0.4) is 0 Å². The average molecular weight is 238 g/mol. The van der Waals surface area contributed by atoms with Gasteiger partial charge < -0.3 is 5.73 Å². The molecule has 3 nitrogen and oxygen atoms in total. The lowest BCUT2D eigenvalue weighted by Crippen LogP contribution is -2.34. The quantitative estimate of drug-likeness (QED) is 0.788. The van der Waals surface area contributed by atoms with E-state index < -0.39 is 0 Å². The number of amides is 1. The van der Waals surface area contributed by atoms with Gasteiger partial charge in [-0.05, 0) is 30.7 Å². The van der Waals surface area contributed by atoms with Crippen LogP contribution in [0.1, 0.15) is 25.3 Å². The number of nitrogens with zero attached hydrogens (tertiary/aromatic N) is 1. The first-order valence-electron chi connectivity index (χ1n) is 5.87. The molecular formula is C13H19FN2O. The summed E-state index contributed by atoms with van der Waals surface area (Å²) in [5, 5.41) is 0. The molecule has 0 radical (unpaired) electrons. The molecule has 0 aliphatic rings. The minimum absolute atomic E-state index is 0.219. The number of hydrogen-bond donors (Lipinski definition) is 1. The molecule has 0 saturated heterocycles. The van der Waals surface area contributed by atoms with Gasteiger partial charge >= 0.3 is 0 Å². The van der Waals surface area contributed by atoms with Crippen LogP contribution in [0.2, 0.25) is 0 Å². The normalized spacial score (nSPS) is 10.8. The maximum atomic E-state index is 13.0. The summed E-state index contributed by atoms with van der Waals surface area (Å²) < 4.78 is 13.0. The van der Waals surface area contributed by atoms with E-state index in [0.717, 1.165) is 24.9 Å². The molecule has 17 heavy (non-hydrogen) atoms. The molecule has 2 N–H and O–H groups in total. The van der Waals surface area contributed by atoms with Crippen LogP contribution in [0.25, 0.3) is 0 Å². The van der Waals surface area contributed by atoms with Crippen molar-refractivity contribution in [3.05, 3.63) is 35.6 Å². The van der Waals surface area contributed by atoms with Crippen LogP contribution in [0, 0.1) is 5.82 Å². The van der Waals surface area contributed by atoms with Gasteiger partial charge in [-0.3, -0.25) is 9.69 Å². The highest BCUT2D eigenvalue weighted by Gasteiger charge is 2.08. The molecule has 0 saturated carbocycles. The van der Waals surface area contributed by atoms with Crippen molar-refractivity contribution in [2.24, 2.45) is 5.73 Å². The first-order chi connectivity index (χ1) is 8.11. The Morgan fingerprint density at radius 3 is 2.82 bits per heavy atom. The number of nitrogens with two attached hydrogens (primary N) is 1. The first-order valence-corrected chi connectivity index (χ1v) is 5.87. The topological polar surface area (TPSA) is 46.3 Å². The molecule has 1 aromatic rings. The van der Waals surface area contributed by atoms with Gasteiger partial charge in [0, 0.05) is 6.54 Å². The Balaban J connectivity index is 2.61. The molecule has 0 bridgehead atoms. The van der Waals surface area contributed by atoms with Crippen LogP contribution in [0.15, 0.2) is 24.3 Å². The number of benzene rings is 1. The summed E-state index contributed by atoms with van der Waals surface area (Å²) >= 11 is 0. The summed E-state index contributed by atoms with van der Waals surface area (Å²) in [5.74, 6) is -0.602. The van der Waals surface area contributed by atoms with E-state index in [0.29, 0.717) is 6.54 Å². The van der Waals surface area contributed by atoms with Crippen LogP contribution >= 0.6 is 0 Å². The van der Waals surface area contributed by atoms with Crippen molar-refractivity contribution in [1.29, 1.82) is 0 Å². The zero-order chi connectivity index (χ0) is 12.7. The minimum Gasteiger partial charge on any atom is -0.369 e. The van der Waals surface area contributed by atoms with Crippen LogP contribution in [0.5, 0.6) is 0 Å². The SMILES string of the molecule is CCCCN(CC(N)=O)Cc1cccc(F)c1. The highest BCUT2D eigenvalue weighted by atomic mass is 19.1. The number of halogens is 1. The second kappa shape index (κ2) is 7.01. The van der Waals surface area contributed by atoms with E-state index in [1.807, 2.05) is 11.0 Å². The third kappa shape index (κ3) is 5.45. The van der Waals surface area contributed by atoms with Crippen LogP contribution < -0.4 is 5.73 Å². The summed E-state index contributed by atoms with van der Waals surface area (Å²) in [6.07, 6.45) is 2.06. The molecule has 0 fully saturated rings. The molecular weight excluding hydrogens is 219 g/mol. The largest absolute Gasteiger partial charge is 0.369 e. The Morgan fingerprint density at radius 1 is 1.47 bits per heavy atom. The second-order valence-electron chi connectivity index (χ2n) is 4.16. The van der Waals surface area contributed by atoms with Crippen molar-refractivity contribution < 1.29 is 9.18 Å². The van der Waals surface area contributed by atoms with Crippen molar-refractivity contribution in [1.82, 2.24) is 4.90 Å². The Morgan fingerprint density at radius 2 is 2.24 bits per heavy atom. The summed E-state index contributed by atoms with van der Waals surface area (Å²) in [6.45, 7) is 3.66. The zero-order valence-electron chi connectivity index (χ0n) is 10.2. The molecule has 1 amide bonds. The molecule has 0 heterocycles. The van der Waals surface area contributed by atoms with Gasteiger partial charge in [-0.25, -0.2) is 4.39 Å². The van der Waals surface area contributed by atoms with Gasteiger partial charge in [0.25, 0.3) is 0 Å². The van der Waals surface area contributed by atoms with Gasteiger partial charge in [0.15, 0.2) is 0 Å². The van der Waals surface area contributed by atoms with Gasteiger partial charge in [0.1, 0.15) is 5.82 Å². The van der Waals surface area contributed by atoms with Crippen molar-refractivity contribution in [2.45, 2.75) is 26.3 Å². The van der Waals surface area contributed by atoms with Crippen molar-refractivity contribution in [3.63, 3.8) is 0 Å². The number of hydrogen-bond acceptors (Lipinski definition) is 2. The lowest BCUT2D eigenvalue weighted by atomic mass is 10.2. The van der Waals surface area contributed by atoms with Gasteiger partial charge in [-0.1, -0.05) is 25.5 Å². The van der Waals surface area contributed by atoms with E-state index in [4.69, 9.17) is 5.73 Å². The van der Waals surface area contributed by atoms with Crippen LogP contribution in [0.4, 0.5) is 4.39 Å². The zero-order valence-corrected chi connectivity index (χ0v) is 10.2. The summed E-state index contributed by atoms with van der Waals surface area (Å²) in [4.78, 5) is 12.9. The number of carbonyl (C=O) groups is 1. The van der Waals surface area contributed by atoms with E-state index >= 15 is 0 Å². The fourth-order valence-electron chi connectivity index (χ4n) is 1.71. The van der Waals surface area contributed by atoms with E-state index in [9.17, 15) is 9.18 Å². The Kier molecular flexibility index (Phi) is 5.63. The van der Waals surface area contributed by atoms with Crippen molar-refractivity contribution in [2.75, 3.05) is 13.1 Å². The fraction of sp³-hybridized carbons (Fsp3) is 0.462. The Hall–Kier alpha value is -1.42. The molecule has 0 aliphatic heterocycles. The van der Waals surface area contributed by atoms with Gasteiger partial charge in [0.05, 0.1) is 6.54 Å². The average Bonchev–Trinajstić information content (AvgIpc) is 2.25. The Labute approximate surface area is 101 Å². The standard InChI is InChI=1S/C13H19FN2O/c1-2-3-7-16(10-13(15)17)9-11-5-4-6-12(14)8-11/h4-6,8H,2-3,7,9-10H2,1H3,(H2,15,17). The van der Waals surface area contributed by atoms with Crippen LogP contribution in [-0.2, 0) is 11.3 Å². The van der Waals surface area contributed by atoms with E-state index in [1.165, 1.54) is 12.1 Å². The van der Waals surface area contributed by atoms with Crippen molar-refractivity contribution >= 4 is 5.91 Å². The second-order valence-corrected chi connectivity index (χ2v) is 4.16. The maximum absolute atomic E-state index is 13.0. The first kappa shape index (κ1) is 13.6. The van der Waals surface area contributed by atoms with E-state index in [2.05, 4.69) is 6.92 Å². The molecule has 0 unspecified atom stereocenters. The van der Waals surface area contributed by atoms with Crippen LogP contribution in [-0.4, -0.2) is 23.9 Å². The molecule has 0 aromatic heterocycles. The molecule has 94 valence electrons. The lowest BCUT2D eigenvalue weighted by molar-refractivity contribution is -0.119. The molecule has 0 spiro atoms. The van der Waals surface area contributed by atoms with E-state index in [1.54, 1.807) is 6.07 Å². The molecule has 0 atom stereocenters. The van der Waals surface area contributed by atoms with E-state index in [-0.39, 0.29) is 18.3 Å². The molecule has 1 rings (SSSR count). The molecule has 0 aliphatic carbocycles. The predicted octanol–water partition coefficient (Wildman–Crippen LogP) is 1.91. The smallest absolute Gasteiger partial charge is 0.231 e. The van der Waals surface area contributed by atoms with Gasteiger partial charge in [-0.2, -0.15) is 0 Å². The minimum atomic E-state index is -0.350.